The van der Waals surface area contributed by atoms with Crippen molar-refractivity contribution in [1.82, 2.24) is 5.06 Å². The minimum absolute atomic E-state index is 0.0336. The number of rotatable bonds is 9. The summed E-state index contributed by atoms with van der Waals surface area (Å²) in [4.78, 5) is 24.6. The molecule has 8 heteroatoms. The van der Waals surface area contributed by atoms with E-state index in [0.717, 1.165) is 16.8 Å². The van der Waals surface area contributed by atoms with Gasteiger partial charge in [-0.25, -0.2) is 9.18 Å². The largest absolute Gasteiger partial charge is 0.489 e. The molecule has 30 heavy (non-hydrogen) atoms. The van der Waals surface area contributed by atoms with Crippen molar-refractivity contribution in [2.24, 2.45) is 5.92 Å². The summed E-state index contributed by atoms with van der Waals surface area (Å²) >= 11 is 3.26. The lowest BCUT2D eigenvalue weighted by Crippen LogP contribution is -2.31. The number of halogens is 2. The first-order chi connectivity index (χ1) is 14.1. The quantitative estimate of drug-likeness (QED) is 0.172. The number of hydroxylamine groups is 2. The van der Waals surface area contributed by atoms with Crippen LogP contribution in [0.25, 0.3) is 0 Å². The molecule has 0 aromatic heterocycles. The van der Waals surface area contributed by atoms with E-state index in [9.17, 15) is 24.3 Å². The molecule has 160 valence electrons. The second-order valence-corrected chi connectivity index (χ2v) is 7.95. The lowest BCUT2D eigenvalue weighted by atomic mass is 10.0. The van der Waals surface area contributed by atoms with Gasteiger partial charge in [-0.15, -0.1) is 0 Å². The van der Waals surface area contributed by atoms with Crippen LogP contribution in [0.3, 0.4) is 0 Å². The Morgan fingerprint density at radius 2 is 1.80 bits per heavy atom. The van der Waals surface area contributed by atoms with Crippen LogP contribution in [0.2, 0.25) is 0 Å². The van der Waals surface area contributed by atoms with Gasteiger partial charge in [0.2, 0.25) is 5.78 Å². The van der Waals surface area contributed by atoms with Crippen LogP contribution in [0.4, 0.5) is 4.39 Å². The molecule has 6 nitrogen and oxygen atoms in total. The van der Waals surface area contributed by atoms with Crippen LogP contribution in [0.5, 0.6) is 5.75 Å². The predicted molar refractivity (Wildman–Crippen MR) is 113 cm³/mol. The summed E-state index contributed by atoms with van der Waals surface area (Å²) in [5.41, 5.74) is 0.226. The zero-order valence-corrected chi connectivity index (χ0v) is 18.4. The van der Waals surface area contributed by atoms with Gasteiger partial charge in [-0.1, -0.05) is 41.9 Å². The third-order valence-corrected chi connectivity index (χ3v) is 5.31. The van der Waals surface area contributed by atoms with Gasteiger partial charge in [0.25, 0.3) is 0 Å². The monoisotopic (exact) mass is 479 g/mol. The van der Waals surface area contributed by atoms with E-state index in [4.69, 9.17) is 4.74 Å². The number of carboxylic acids is 1. The molecule has 0 fully saturated rings. The van der Waals surface area contributed by atoms with Gasteiger partial charge in [0, 0.05) is 16.2 Å². The van der Waals surface area contributed by atoms with E-state index in [2.05, 4.69) is 15.9 Å². The van der Waals surface area contributed by atoms with Gasteiger partial charge in [0.15, 0.2) is 0 Å². The molecule has 0 saturated heterocycles. The predicted octanol–water partition coefficient (Wildman–Crippen LogP) is 5.05. The number of hydrogen-bond acceptors (Lipinski definition) is 5. The molecular formula is C22H23BrFNO5. The fourth-order valence-corrected chi connectivity index (χ4v) is 2.85. The lowest BCUT2D eigenvalue weighted by molar-refractivity contribution is -0.133. The summed E-state index contributed by atoms with van der Waals surface area (Å²) in [5, 5.41) is 20.4. The molecule has 1 atom stereocenters. The summed E-state index contributed by atoms with van der Waals surface area (Å²) in [7, 11) is 0. The van der Waals surface area contributed by atoms with Crippen LogP contribution >= 0.6 is 15.9 Å². The SMILES string of the molecule is CC(C)C(C)N(O)/C=C(/C(=O)O)C(=O)c1cc(OCc2ccc(F)cc2)ccc1Br. The Morgan fingerprint density at radius 1 is 1.17 bits per heavy atom. The molecule has 0 bridgehead atoms. The third kappa shape index (κ3) is 6.14. The number of nitrogens with zero attached hydrogens (tertiary/aromatic N) is 1. The van der Waals surface area contributed by atoms with Crippen molar-refractivity contribution in [2.75, 3.05) is 0 Å². The van der Waals surface area contributed by atoms with Crippen LogP contribution in [0, 0.1) is 11.7 Å². The highest BCUT2D eigenvalue weighted by Crippen LogP contribution is 2.26. The van der Waals surface area contributed by atoms with E-state index >= 15 is 0 Å². The zero-order valence-electron chi connectivity index (χ0n) is 16.8. The molecule has 2 N–H and O–H groups in total. The Hall–Kier alpha value is -2.71. The van der Waals surface area contributed by atoms with Crippen LogP contribution in [0.15, 0.2) is 58.7 Å². The highest BCUT2D eigenvalue weighted by atomic mass is 79.9. The molecule has 0 saturated carbocycles. The Balaban J connectivity index is 2.27. The van der Waals surface area contributed by atoms with Crippen molar-refractivity contribution in [3.63, 3.8) is 0 Å². The molecule has 0 amide bonds. The molecular weight excluding hydrogens is 457 g/mol. The van der Waals surface area contributed by atoms with Crippen molar-refractivity contribution < 1.29 is 29.0 Å². The summed E-state index contributed by atoms with van der Waals surface area (Å²) in [5.74, 6) is -2.22. The summed E-state index contributed by atoms with van der Waals surface area (Å²) in [6.45, 7) is 5.59. The number of carboxylic acid groups (broad SMARTS) is 1. The average molecular weight is 480 g/mol. The van der Waals surface area contributed by atoms with Crippen LogP contribution in [-0.2, 0) is 11.4 Å². The molecule has 0 aliphatic heterocycles. The number of carbonyl (C=O) groups excluding carboxylic acids is 1. The van der Waals surface area contributed by atoms with E-state index in [1.54, 1.807) is 31.2 Å². The van der Waals surface area contributed by atoms with Gasteiger partial charge in [-0.3, -0.25) is 15.1 Å². The van der Waals surface area contributed by atoms with Crippen molar-refractivity contribution >= 4 is 27.7 Å². The lowest BCUT2D eigenvalue weighted by Gasteiger charge is -2.24. The second-order valence-electron chi connectivity index (χ2n) is 7.10. The maximum absolute atomic E-state index is 13.0. The first-order valence-electron chi connectivity index (χ1n) is 9.24. The Bertz CT molecular complexity index is 943. The molecule has 0 heterocycles. The van der Waals surface area contributed by atoms with Crippen molar-refractivity contribution in [3.8, 4) is 5.75 Å². The fraction of sp³-hybridized carbons (Fsp3) is 0.273. The molecule has 0 aliphatic rings. The van der Waals surface area contributed by atoms with Crippen molar-refractivity contribution in [1.29, 1.82) is 0 Å². The minimum Gasteiger partial charge on any atom is -0.489 e. The molecule has 2 aromatic carbocycles. The molecule has 1 unspecified atom stereocenters. The standard InChI is InChI=1S/C22H23BrFNO5/c1-13(2)14(3)25(29)11-19(22(27)28)21(26)18-10-17(8-9-20(18)23)30-12-15-4-6-16(24)7-5-15/h4-11,13-14,29H,12H2,1-3H3,(H,27,28)/b19-11+. The van der Waals surface area contributed by atoms with Crippen LogP contribution < -0.4 is 4.74 Å². The van der Waals surface area contributed by atoms with Crippen molar-refractivity contribution in [2.45, 2.75) is 33.4 Å². The average Bonchev–Trinajstić information content (AvgIpc) is 2.71. The molecule has 0 aliphatic carbocycles. The second kappa shape index (κ2) is 10.4. The van der Waals surface area contributed by atoms with E-state index < -0.39 is 17.3 Å². The summed E-state index contributed by atoms with van der Waals surface area (Å²) < 4.78 is 19.0. The van der Waals surface area contributed by atoms with Gasteiger partial charge in [0.1, 0.15) is 23.7 Å². The molecule has 2 rings (SSSR count). The molecule has 0 spiro atoms. The number of hydrogen-bond donors (Lipinski definition) is 2. The summed E-state index contributed by atoms with van der Waals surface area (Å²) in [6, 6.07) is 10.0. The number of ketones is 1. The molecule has 2 aromatic rings. The Labute approximate surface area is 182 Å². The number of carbonyl (C=O) groups is 2. The van der Waals surface area contributed by atoms with Gasteiger partial charge in [0.05, 0.1) is 6.04 Å². The number of ether oxygens (including phenoxy) is 1. The first-order valence-corrected chi connectivity index (χ1v) is 10.0. The normalized spacial score (nSPS) is 12.6. The van der Waals surface area contributed by atoms with E-state index in [-0.39, 0.29) is 29.9 Å². The minimum atomic E-state index is -1.46. The Morgan fingerprint density at radius 3 is 2.37 bits per heavy atom. The van der Waals surface area contributed by atoms with Gasteiger partial charge in [-0.05, 0) is 48.7 Å². The number of aliphatic carboxylic acids is 1. The van der Waals surface area contributed by atoms with E-state index in [1.165, 1.54) is 18.2 Å². The van der Waals surface area contributed by atoms with Gasteiger partial charge in [-0.2, -0.15) is 0 Å². The van der Waals surface area contributed by atoms with Crippen LogP contribution in [-0.4, -0.2) is 33.2 Å². The Kier molecular flexibility index (Phi) is 8.14. The number of benzene rings is 2. The summed E-state index contributed by atoms with van der Waals surface area (Å²) in [6.07, 6.45) is 0.924. The zero-order chi connectivity index (χ0) is 22.4. The maximum Gasteiger partial charge on any atom is 0.341 e. The van der Waals surface area contributed by atoms with E-state index in [1.807, 2.05) is 13.8 Å². The van der Waals surface area contributed by atoms with Gasteiger partial charge >= 0.3 is 5.97 Å². The maximum atomic E-state index is 13.0. The molecule has 0 radical (unpaired) electrons. The highest BCUT2D eigenvalue weighted by molar-refractivity contribution is 9.10. The highest BCUT2D eigenvalue weighted by Gasteiger charge is 2.24. The smallest absolute Gasteiger partial charge is 0.341 e. The third-order valence-electron chi connectivity index (χ3n) is 4.62. The number of Topliss-reactive ketones (excluding diaryl/α,β-unsaturated/α-hetero) is 1. The first kappa shape index (κ1) is 23.6. The van der Waals surface area contributed by atoms with Crippen LogP contribution in [0.1, 0.15) is 36.7 Å². The van der Waals surface area contributed by atoms with E-state index in [0.29, 0.717) is 10.2 Å². The van der Waals surface area contributed by atoms with Crippen molar-refractivity contribution in [3.05, 3.63) is 75.7 Å². The fourth-order valence-electron chi connectivity index (χ4n) is 2.43. The topological polar surface area (TPSA) is 87.1 Å². The van der Waals surface area contributed by atoms with Gasteiger partial charge < -0.3 is 9.84 Å².